The molecule has 0 aliphatic carbocycles. The number of nitrogens with one attached hydrogen (secondary N) is 1. The Labute approximate surface area is 167 Å². The largest absolute Gasteiger partial charge is 0.494 e. The highest BCUT2D eigenvalue weighted by Gasteiger charge is 2.28. The van der Waals surface area contributed by atoms with Crippen LogP contribution in [0.2, 0.25) is 0 Å². The summed E-state index contributed by atoms with van der Waals surface area (Å²) in [6.45, 7) is 4.65. The topological polar surface area (TPSA) is 75.7 Å². The van der Waals surface area contributed by atoms with Crippen LogP contribution in [0.4, 0.5) is 5.69 Å². The maximum atomic E-state index is 12.5. The number of sulfonamides is 1. The molecule has 0 fully saturated rings. The van der Waals surface area contributed by atoms with Crippen molar-refractivity contribution >= 4 is 21.6 Å². The monoisotopic (exact) mass is 404 g/mol. The lowest BCUT2D eigenvalue weighted by Gasteiger charge is -2.28. The van der Waals surface area contributed by atoms with Crippen LogP contribution in [-0.2, 0) is 21.2 Å². The van der Waals surface area contributed by atoms with Crippen molar-refractivity contribution in [3.63, 3.8) is 0 Å². The van der Waals surface area contributed by atoms with E-state index in [-0.39, 0.29) is 5.91 Å². The maximum Gasteiger partial charge on any atom is 0.243 e. The third-order valence-corrected chi connectivity index (χ3v) is 5.52. The fraction of sp³-hybridized carbons (Fsp3) is 0.381. The van der Waals surface area contributed by atoms with Gasteiger partial charge in [-0.3, -0.25) is 9.10 Å². The number of amides is 1. The molecule has 0 saturated carbocycles. The summed E-state index contributed by atoms with van der Waals surface area (Å²) >= 11 is 0. The van der Waals surface area contributed by atoms with Gasteiger partial charge < -0.3 is 10.1 Å². The molecule has 1 unspecified atom stereocenters. The number of rotatable bonds is 10. The maximum absolute atomic E-state index is 12.5. The highest BCUT2D eigenvalue weighted by atomic mass is 32.2. The average molecular weight is 405 g/mol. The minimum atomic E-state index is -3.58. The number of carbonyl (C=O) groups excluding carboxylic acids is 1. The van der Waals surface area contributed by atoms with Gasteiger partial charge in [0.2, 0.25) is 15.9 Å². The van der Waals surface area contributed by atoms with Gasteiger partial charge in [-0.25, -0.2) is 8.42 Å². The molecule has 152 valence electrons. The molecule has 2 aromatic carbocycles. The van der Waals surface area contributed by atoms with Crippen LogP contribution in [0.1, 0.15) is 25.8 Å². The zero-order chi connectivity index (χ0) is 20.6. The van der Waals surface area contributed by atoms with Crippen LogP contribution in [0.25, 0.3) is 0 Å². The number of hydrogen-bond donors (Lipinski definition) is 1. The van der Waals surface area contributed by atoms with E-state index in [2.05, 4.69) is 5.32 Å². The van der Waals surface area contributed by atoms with Crippen molar-refractivity contribution in [2.45, 2.75) is 32.7 Å². The Morgan fingerprint density at radius 1 is 1.11 bits per heavy atom. The summed E-state index contributed by atoms with van der Waals surface area (Å²) in [7, 11) is -3.58. The summed E-state index contributed by atoms with van der Waals surface area (Å²) < 4.78 is 31.0. The summed E-state index contributed by atoms with van der Waals surface area (Å²) in [6.07, 6.45) is 2.68. The smallest absolute Gasteiger partial charge is 0.243 e. The molecule has 0 bridgehead atoms. The molecule has 0 aromatic heterocycles. The van der Waals surface area contributed by atoms with Gasteiger partial charge in [-0.05, 0) is 56.5 Å². The quantitative estimate of drug-likeness (QED) is 0.618. The van der Waals surface area contributed by atoms with E-state index < -0.39 is 16.1 Å². The van der Waals surface area contributed by atoms with Gasteiger partial charge >= 0.3 is 0 Å². The summed E-state index contributed by atoms with van der Waals surface area (Å²) in [6, 6.07) is 15.7. The molecule has 7 heteroatoms. The lowest BCUT2D eigenvalue weighted by Crippen LogP contribution is -2.48. The van der Waals surface area contributed by atoms with E-state index >= 15 is 0 Å². The first-order valence-electron chi connectivity index (χ1n) is 9.37. The van der Waals surface area contributed by atoms with Crippen LogP contribution < -0.4 is 14.4 Å². The van der Waals surface area contributed by atoms with Gasteiger partial charge in [0.25, 0.3) is 0 Å². The van der Waals surface area contributed by atoms with Crippen molar-refractivity contribution in [2.24, 2.45) is 0 Å². The minimum Gasteiger partial charge on any atom is -0.494 e. The number of anilines is 1. The molecule has 0 aliphatic heterocycles. The summed E-state index contributed by atoms with van der Waals surface area (Å²) in [4.78, 5) is 12.5. The van der Waals surface area contributed by atoms with Crippen molar-refractivity contribution in [2.75, 3.05) is 23.7 Å². The Kier molecular flexibility index (Phi) is 7.87. The van der Waals surface area contributed by atoms with E-state index in [9.17, 15) is 13.2 Å². The Hall–Kier alpha value is -2.54. The minimum absolute atomic E-state index is 0.319. The number of para-hydroxylation sites is 1. The molecule has 2 aromatic rings. The molecule has 0 aliphatic rings. The van der Waals surface area contributed by atoms with Crippen LogP contribution in [0.15, 0.2) is 54.6 Å². The van der Waals surface area contributed by atoms with E-state index in [0.717, 1.165) is 34.7 Å². The second-order valence-corrected chi connectivity index (χ2v) is 8.40. The van der Waals surface area contributed by atoms with Crippen LogP contribution in [0.3, 0.4) is 0 Å². The molecule has 1 atom stereocenters. The fourth-order valence-electron chi connectivity index (χ4n) is 2.95. The van der Waals surface area contributed by atoms with E-state index in [4.69, 9.17) is 4.74 Å². The van der Waals surface area contributed by atoms with Gasteiger partial charge in [-0.1, -0.05) is 30.3 Å². The number of carbonyl (C=O) groups is 1. The van der Waals surface area contributed by atoms with Gasteiger partial charge in [0.05, 0.1) is 18.6 Å². The molecule has 6 nitrogen and oxygen atoms in total. The Morgan fingerprint density at radius 3 is 2.32 bits per heavy atom. The molecule has 0 spiro atoms. The Bertz CT molecular complexity index is 852. The number of nitrogens with zero attached hydrogens (tertiary/aromatic N) is 1. The number of hydrogen-bond acceptors (Lipinski definition) is 4. The number of aryl methyl sites for hydroxylation is 1. The van der Waals surface area contributed by atoms with Gasteiger partial charge in [-0.15, -0.1) is 0 Å². The molecule has 0 heterocycles. The lowest BCUT2D eigenvalue weighted by molar-refractivity contribution is -0.121. The molecule has 1 N–H and O–H groups in total. The molecule has 2 rings (SSSR count). The van der Waals surface area contributed by atoms with E-state index in [0.29, 0.717) is 18.8 Å². The van der Waals surface area contributed by atoms with Crippen LogP contribution >= 0.6 is 0 Å². The second kappa shape index (κ2) is 10.1. The Balaban J connectivity index is 1.89. The highest BCUT2D eigenvalue weighted by molar-refractivity contribution is 7.92. The van der Waals surface area contributed by atoms with Crippen molar-refractivity contribution in [1.29, 1.82) is 0 Å². The third kappa shape index (κ3) is 6.27. The van der Waals surface area contributed by atoms with Crippen molar-refractivity contribution in [3.8, 4) is 5.75 Å². The molecule has 0 radical (unpaired) electrons. The van der Waals surface area contributed by atoms with E-state index in [1.54, 1.807) is 37.3 Å². The second-order valence-electron chi connectivity index (χ2n) is 6.54. The molecule has 0 saturated heterocycles. The van der Waals surface area contributed by atoms with Gasteiger partial charge in [0, 0.05) is 6.54 Å². The molecular weight excluding hydrogens is 376 g/mol. The van der Waals surface area contributed by atoms with E-state index in [1.807, 2.05) is 31.2 Å². The normalized spacial score (nSPS) is 12.2. The standard InChI is InChI=1S/C21H28N2O4S/c1-4-27-20-14-12-18(13-15-20)9-8-16-22-21(24)17(2)23(28(3,25)26)19-10-6-5-7-11-19/h5-7,10-15,17H,4,8-9,16H2,1-3H3,(H,22,24). The third-order valence-electron chi connectivity index (χ3n) is 4.27. The fourth-order valence-corrected chi connectivity index (χ4v) is 4.13. The predicted octanol–water partition coefficient (Wildman–Crippen LogP) is 2.99. The molecule has 28 heavy (non-hydrogen) atoms. The average Bonchev–Trinajstić information content (AvgIpc) is 2.66. The first-order chi connectivity index (χ1) is 13.3. The van der Waals surface area contributed by atoms with Crippen molar-refractivity contribution in [1.82, 2.24) is 5.32 Å². The van der Waals surface area contributed by atoms with Crippen molar-refractivity contribution < 1.29 is 17.9 Å². The first kappa shape index (κ1) is 21.8. The van der Waals surface area contributed by atoms with Gasteiger partial charge in [-0.2, -0.15) is 0 Å². The SMILES string of the molecule is CCOc1ccc(CCCNC(=O)C(C)N(c2ccccc2)S(C)(=O)=O)cc1. The first-order valence-corrected chi connectivity index (χ1v) is 11.2. The molecular formula is C21H28N2O4S. The summed E-state index contributed by atoms with van der Waals surface area (Å²) in [5.74, 6) is 0.524. The van der Waals surface area contributed by atoms with Gasteiger partial charge in [0.1, 0.15) is 11.8 Å². The van der Waals surface area contributed by atoms with Crippen LogP contribution in [0, 0.1) is 0 Å². The number of benzene rings is 2. The zero-order valence-corrected chi connectivity index (χ0v) is 17.4. The zero-order valence-electron chi connectivity index (χ0n) is 16.6. The summed E-state index contributed by atoms with van der Waals surface area (Å²) in [5.41, 5.74) is 1.63. The molecule has 1 amide bonds. The van der Waals surface area contributed by atoms with Crippen molar-refractivity contribution in [3.05, 3.63) is 60.2 Å². The predicted molar refractivity (Wildman–Crippen MR) is 112 cm³/mol. The van der Waals surface area contributed by atoms with E-state index in [1.165, 1.54) is 0 Å². The Morgan fingerprint density at radius 2 is 1.75 bits per heavy atom. The van der Waals surface area contributed by atoms with Gasteiger partial charge in [0.15, 0.2) is 0 Å². The number of ether oxygens (including phenoxy) is 1. The van der Waals surface area contributed by atoms with Crippen LogP contribution in [0.5, 0.6) is 5.75 Å². The lowest BCUT2D eigenvalue weighted by atomic mass is 10.1. The van der Waals surface area contributed by atoms with Crippen LogP contribution in [-0.4, -0.2) is 39.8 Å². The summed E-state index contributed by atoms with van der Waals surface area (Å²) in [5, 5.41) is 2.84. The highest BCUT2D eigenvalue weighted by Crippen LogP contribution is 2.20.